The molecular weight excluding hydrogens is 800 g/mol. The number of amides is 2. The lowest BCUT2D eigenvalue weighted by Gasteiger charge is -2.18. The number of aromatic nitrogens is 2. The third kappa shape index (κ3) is 9.79. The van der Waals surface area contributed by atoms with Gasteiger partial charge in [-0.15, -0.1) is 0 Å². The van der Waals surface area contributed by atoms with Crippen molar-refractivity contribution in [2.75, 3.05) is 31.5 Å². The summed E-state index contributed by atoms with van der Waals surface area (Å²) < 4.78 is 0. The van der Waals surface area contributed by atoms with Crippen molar-refractivity contribution in [3.05, 3.63) is 145 Å². The molecule has 4 aliphatic rings. The SMILES string of the molecule is O=C(NCc1ccc(CN2CCCC2)cc1)c1ccc2c(Cl)c3c(nc2c1)CCCC3.O=C(Nc1cccc(CN2CCCC2)c1)c1ccc2c(Cl)c3c(nc2c1)CCCC3. The van der Waals surface area contributed by atoms with Gasteiger partial charge in [0, 0.05) is 58.6 Å². The number of benzene rings is 4. The van der Waals surface area contributed by atoms with Gasteiger partial charge in [-0.2, -0.15) is 0 Å². The highest BCUT2D eigenvalue weighted by atomic mass is 35.5. The van der Waals surface area contributed by atoms with E-state index in [4.69, 9.17) is 33.2 Å². The summed E-state index contributed by atoms with van der Waals surface area (Å²) in [5, 5.41) is 9.56. The monoisotopic (exact) mass is 852 g/mol. The normalized spacial score (nSPS) is 16.5. The van der Waals surface area contributed by atoms with E-state index in [9.17, 15) is 9.59 Å². The Morgan fingerprint density at radius 1 is 0.541 bits per heavy atom. The summed E-state index contributed by atoms with van der Waals surface area (Å²) >= 11 is 13.3. The van der Waals surface area contributed by atoms with Crippen LogP contribution in [0.1, 0.15) is 111 Å². The molecule has 2 aliphatic heterocycles. The Morgan fingerprint density at radius 3 is 1.62 bits per heavy atom. The molecule has 2 saturated heterocycles. The average Bonchev–Trinajstić information content (AvgIpc) is 4.01. The fourth-order valence-electron chi connectivity index (χ4n) is 9.41. The van der Waals surface area contributed by atoms with Crippen molar-refractivity contribution in [1.82, 2.24) is 25.1 Å². The maximum Gasteiger partial charge on any atom is 0.255 e. The molecule has 0 radical (unpaired) electrons. The number of pyridine rings is 2. The molecule has 0 spiro atoms. The molecule has 4 aromatic carbocycles. The van der Waals surface area contributed by atoms with Crippen molar-refractivity contribution in [1.29, 1.82) is 0 Å². The molecule has 0 bridgehead atoms. The molecule has 2 aromatic heterocycles. The topological polar surface area (TPSA) is 90.5 Å². The molecule has 6 aromatic rings. The third-order valence-corrected chi connectivity index (χ3v) is 13.6. The number of fused-ring (bicyclic) bond motifs is 4. The van der Waals surface area contributed by atoms with Crippen LogP contribution in [0, 0.1) is 0 Å². The first-order valence-corrected chi connectivity index (χ1v) is 23.0. The summed E-state index contributed by atoms with van der Waals surface area (Å²) in [6.45, 7) is 7.19. The minimum absolute atomic E-state index is 0.0845. The summed E-state index contributed by atoms with van der Waals surface area (Å²) in [4.78, 5) is 40.3. The molecule has 2 N–H and O–H groups in total. The Labute approximate surface area is 369 Å². The van der Waals surface area contributed by atoms with Gasteiger partial charge in [0.25, 0.3) is 11.8 Å². The van der Waals surface area contributed by atoms with E-state index in [1.807, 2.05) is 48.5 Å². The first-order chi connectivity index (χ1) is 29.8. The number of anilines is 1. The maximum atomic E-state index is 12.9. The molecule has 10 rings (SSSR count). The van der Waals surface area contributed by atoms with Crippen LogP contribution in [-0.4, -0.2) is 57.8 Å². The van der Waals surface area contributed by atoms with Gasteiger partial charge in [0.15, 0.2) is 0 Å². The number of rotatable bonds is 9. The number of aryl methyl sites for hydroxylation is 2. The predicted octanol–water partition coefficient (Wildman–Crippen LogP) is 10.9. The predicted molar refractivity (Wildman–Crippen MR) is 248 cm³/mol. The summed E-state index contributed by atoms with van der Waals surface area (Å²) in [5.74, 6) is -0.204. The fourth-order valence-corrected chi connectivity index (χ4v) is 10.1. The van der Waals surface area contributed by atoms with Gasteiger partial charge in [0.1, 0.15) is 0 Å². The van der Waals surface area contributed by atoms with E-state index in [0.717, 1.165) is 126 Å². The second-order valence-electron chi connectivity index (χ2n) is 17.2. The molecule has 61 heavy (non-hydrogen) atoms. The fraction of sp³-hybridized carbons (Fsp3) is 0.373. The van der Waals surface area contributed by atoms with E-state index in [0.29, 0.717) is 17.7 Å². The highest BCUT2D eigenvalue weighted by Gasteiger charge is 2.20. The van der Waals surface area contributed by atoms with Crippen molar-refractivity contribution in [2.45, 2.75) is 96.7 Å². The lowest BCUT2D eigenvalue weighted by atomic mass is 9.94. The van der Waals surface area contributed by atoms with E-state index < -0.39 is 0 Å². The van der Waals surface area contributed by atoms with Crippen LogP contribution < -0.4 is 10.6 Å². The third-order valence-electron chi connectivity index (χ3n) is 12.8. The standard InChI is InChI=1S/C26H28ClN3O.C25H26ClN3O/c27-25-21-5-1-2-6-23(21)29-24-15-20(11-12-22(24)25)26(31)28-16-18-7-9-19(10-8-18)17-30-13-3-4-14-30;26-24-20-8-1-2-9-22(20)28-23-15-18(10-11-21(23)24)25(30)27-19-7-5-6-17(14-19)16-29-12-3-4-13-29/h7-12,15H,1-6,13-14,16-17H2,(H,28,31);5-7,10-11,14-15H,1-4,8-9,12-13,16H2,(H,27,30). The molecule has 8 nitrogen and oxygen atoms in total. The van der Waals surface area contributed by atoms with Gasteiger partial charge >= 0.3 is 0 Å². The second kappa shape index (κ2) is 19.0. The van der Waals surface area contributed by atoms with Crippen LogP contribution in [0.25, 0.3) is 21.8 Å². The van der Waals surface area contributed by atoms with E-state index in [1.165, 1.54) is 67.4 Å². The Balaban J connectivity index is 0.000000156. The van der Waals surface area contributed by atoms with E-state index >= 15 is 0 Å². The summed E-state index contributed by atoms with van der Waals surface area (Å²) in [6.07, 6.45) is 13.7. The number of halogens is 2. The molecule has 2 fully saturated rings. The van der Waals surface area contributed by atoms with Crippen LogP contribution in [0.3, 0.4) is 0 Å². The van der Waals surface area contributed by atoms with Crippen LogP contribution in [0.2, 0.25) is 10.0 Å². The van der Waals surface area contributed by atoms with Gasteiger partial charge in [-0.05, 0) is 167 Å². The Hall–Kier alpha value is -4.86. The smallest absolute Gasteiger partial charge is 0.255 e. The zero-order chi connectivity index (χ0) is 41.7. The number of hydrogen-bond donors (Lipinski definition) is 2. The van der Waals surface area contributed by atoms with Gasteiger partial charge in [0.2, 0.25) is 0 Å². The highest BCUT2D eigenvalue weighted by molar-refractivity contribution is 6.36. The van der Waals surface area contributed by atoms with E-state index in [-0.39, 0.29) is 11.8 Å². The number of hydrogen-bond acceptors (Lipinski definition) is 6. The summed E-state index contributed by atoms with van der Waals surface area (Å²) in [6, 6.07) is 28.0. The zero-order valence-electron chi connectivity index (χ0n) is 34.9. The Kier molecular flexibility index (Phi) is 12.9. The molecule has 10 heteroatoms. The molecule has 0 unspecified atom stereocenters. The summed E-state index contributed by atoms with van der Waals surface area (Å²) in [5.41, 5.74) is 11.9. The zero-order valence-corrected chi connectivity index (χ0v) is 36.4. The average molecular weight is 854 g/mol. The molecule has 2 amide bonds. The number of carbonyl (C=O) groups excluding carboxylic acids is 2. The number of likely N-dealkylation sites (tertiary alicyclic amines) is 2. The van der Waals surface area contributed by atoms with Crippen molar-refractivity contribution in [3.8, 4) is 0 Å². The van der Waals surface area contributed by atoms with Crippen LogP contribution in [-0.2, 0) is 45.3 Å². The Morgan fingerprint density at radius 2 is 1.05 bits per heavy atom. The van der Waals surface area contributed by atoms with Gasteiger partial charge in [0.05, 0.1) is 21.1 Å². The first-order valence-electron chi connectivity index (χ1n) is 22.3. The molecule has 314 valence electrons. The Bertz CT molecular complexity index is 2560. The van der Waals surface area contributed by atoms with Crippen LogP contribution in [0.5, 0.6) is 0 Å². The number of carbonyl (C=O) groups is 2. The van der Waals surface area contributed by atoms with Gasteiger partial charge in [-0.1, -0.05) is 71.7 Å². The maximum absolute atomic E-state index is 12.9. The van der Waals surface area contributed by atoms with Crippen molar-refractivity contribution >= 4 is 62.5 Å². The minimum atomic E-state index is -0.120. The highest BCUT2D eigenvalue weighted by Crippen LogP contribution is 2.35. The molecule has 4 heterocycles. The first kappa shape index (κ1) is 41.5. The lowest BCUT2D eigenvalue weighted by molar-refractivity contribution is 0.0950. The molecule has 2 aliphatic carbocycles. The van der Waals surface area contributed by atoms with Crippen LogP contribution in [0.4, 0.5) is 5.69 Å². The van der Waals surface area contributed by atoms with Gasteiger partial charge in [-0.3, -0.25) is 29.4 Å². The lowest BCUT2D eigenvalue weighted by Crippen LogP contribution is -2.23. The van der Waals surface area contributed by atoms with Crippen LogP contribution in [0.15, 0.2) is 84.9 Å². The van der Waals surface area contributed by atoms with Gasteiger partial charge in [-0.25, -0.2) is 0 Å². The molecule has 0 atom stereocenters. The van der Waals surface area contributed by atoms with E-state index in [2.05, 4.69) is 56.8 Å². The van der Waals surface area contributed by atoms with Crippen molar-refractivity contribution in [2.24, 2.45) is 0 Å². The largest absolute Gasteiger partial charge is 0.348 e. The number of nitrogens with zero attached hydrogens (tertiary/aromatic N) is 4. The number of nitrogens with one attached hydrogen (secondary N) is 2. The molecular formula is C51H54Cl2N6O2. The van der Waals surface area contributed by atoms with E-state index in [1.54, 1.807) is 0 Å². The van der Waals surface area contributed by atoms with Gasteiger partial charge < -0.3 is 10.6 Å². The minimum Gasteiger partial charge on any atom is -0.348 e. The quantitative estimate of drug-likeness (QED) is 0.151. The molecule has 0 saturated carbocycles. The van der Waals surface area contributed by atoms with Crippen molar-refractivity contribution in [3.63, 3.8) is 0 Å². The second-order valence-corrected chi connectivity index (χ2v) is 18.0. The summed E-state index contributed by atoms with van der Waals surface area (Å²) in [7, 11) is 0. The van der Waals surface area contributed by atoms with Crippen LogP contribution >= 0.6 is 23.2 Å². The van der Waals surface area contributed by atoms with Crippen molar-refractivity contribution < 1.29 is 9.59 Å².